The zero-order valence-electron chi connectivity index (χ0n) is 11.6. The van der Waals surface area contributed by atoms with Crippen LogP contribution in [0.15, 0.2) is 26.0 Å². The molecular weight excluding hydrogens is 428 g/mol. The topological polar surface area (TPSA) is 89.7 Å². The van der Waals surface area contributed by atoms with Crippen molar-refractivity contribution < 1.29 is 17.9 Å². The smallest absolute Gasteiger partial charge is 0.321 e. The van der Waals surface area contributed by atoms with Gasteiger partial charge in [-0.1, -0.05) is 6.92 Å². The van der Waals surface area contributed by atoms with Gasteiger partial charge in [0.05, 0.1) is 6.61 Å². The van der Waals surface area contributed by atoms with Gasteiger partial charge in [0.25, 0.3) is 0 Å². The molecule has 2 N–H and O–H groups in total. The van der Waals surface area contributed by atoms with Crippen LogP contribution < -0.4 is 5.73 Å². The highest BCUT2D eigenvalue weighted by atomic mass is 79.9. The molecule has 21 heavy (non-hydrogen) atoms. The Hall–Kier alpha value is -0.640. The lowest BCUT2D eigenvalue weighted by molar-refractivity contribution is -0.143. The van der Waals surface area contributed by atoms with E-state index in [4.69, 9.17) is 10.5 Å². The molecule has 0 heterocycles. The van der Waals surface area contributed by atoms with E-state index in [9.17, 15) is 13.2 Å². The molecule has 0 aliphatic rings. The molecule has 118 valence electrons. The summed E-state index contributed by atoms with van der Waals surface area (Å²) in [5, 5.41) is 0. The molecule has 1 aromatic rings. The summed E-state index contributed by atoms with van der Waals surface area (Å²) in [6, 6.07) is 2.99. The molecule has 0 radical (unpaired) electrons. The van der Waals surface area contributed by atoms with Gasteiger partial charge in [-0.3, -0.25) is 4.79 Å². The van der Waals surface area contributed by atoms with E-state index in [1.165, 1.54) is 12.1 Å². The number of anilines is 1. The van der Waals surface area contributed by atoms with Gasteiger partial charge in [0.15, 0.2) is 0 Å². The van der Waals surface area contributed by atoms with Crippen LogP contribution in [0.25, 0.3) is 0 Å². The van der Waals surface area contributed by atoms with Crippen molar-refractivity contribution in [3.8, 4) is 0 Å². The van der Waals surface area contributed by atoms with Crippen molar-refractivity contribution in [1.29, 1.82) is 0 Å². The van der Waals surface area contributed by atoms with E-state index in [0.29, 0.717) is 14.6 Å². The number of sulfonamides is 1. The summed E-state index contributed by atoms with van der Waals surface area (Å²) in [6.07, 6.45) is 0. The number of nitrogens with two attached hydrogens (primary N) is 1. The van der Waals surface area contributed by atoms with Gasteiger partial charge in [-0.2, -0.15) is 4.31 Å². The fourth-order valence-electron chi connectivity index (χ4n) is 1.67. The summed E-state index contributed by atoms with van der Waals surface area (Å²) in [4.78, 5) is 11.6. The van der Waals surface area contributed by atoms with Gasteiger partial charge >= 0.3 is 5.97 Å². The average Bonchev–Trinajstić information content (AvgIpc) is 2.34. The van der Waals surface area contributed by atoms with Crippen molar-refractivity contribution in [2.24, 2.45) is 0 Å². The van der Waals surface area contributed by atoms with Crippen molar-refractivity contribution >= 4 is 53.5 Å². The Labute approximate surface area is 140 Å². The molecule has 0 saturated carbocycles. The normalized spacial score (nSPS) is 11.7. The Morgan fingerprint density at radius 1 is 1.29 bits per heavy atom. The largest absolute Gasteiger partial charge is 0.465 e. The lowest BCUT2D eigenvalue weighted by atomic mass is 10.3. The van der Waals surface area contributed by atoms with Crippen molar-refractivity contribution in [2.45, 2.75) is 18.7 Å². The van der Waals surface area contributed by atoms with Gasteiger partial charge < -0.3 is 10.5 Å². The number of ether oxygens (including phenoxy) is 1. The standard InChI is InChI=1S/C12H16Br2N2O4S/c1-3-16(7-11(17)20-4-2)21(18,19)12-9(13)5-8(15)6-10(12)14/h5-6H,3-4,7,15H2,1-2H3. The number of nitrogens with zero attached hydrogens (tertiary/aromatic N) is 1. The number of rotatable bonds is 6. The number of carbonyl (C=O) groups is 1. The molecule has 0 aliphatic carbocycles. The molecule has 0 spiro atoms. The van der Waals surface area contributed by atoms with E-state index in [0.717, 1.165) is 4.31 Å². The second kappa shape index (κ2) is 7.57. The molecule has 0 bridgehead atoms. The van der Waals surface area contributed by atoms with Gasteiger partial charge in [-0.05, 0) is 50.9 Å². The van der Waals surface area contributed by atoms with Crippen LogP contribution in [0.3, 0.4) is 0 Å². The van der Waals surface area contributed by atoms with Crippen LogP contribution in [-0.4, -0.2) is 38.4 Å². The summed E-state index contributed by atoms with van der Waals surface area (Å²) in [7, 11) is -3.86. The lowest BCUT2D eigenvalue weighted by Gasteiger charge is -2.21. The molecule has 0 saturated heterocycles. The number of benzene rings is 1. The molecule has 0 aliphatic heterocycles. The summed E-state index contributed by atoms with van der Waals surface area (Å²) < 4.78 is 31.9. The van der Waals surface area contributed by atoms with Gasteiger partial charge in [-0.15, -0.1) is 0 Å². The number of likely N-dealkylation sites (N-methyl/N-ethyl adjacent to an activating group) is 1. The fourth-order valence-corrected chi connectivity index (χ4v) is 5.61. The summed E-state index contributed by atoms with van der Waals surface area (Å²) in [5.41, 5.74) is 6.08. The predicted molar refractivity (Wildman–Crippen MR) is 87.3 cm³/mol. The number of esters is 1. The first-order valence-electron chi connectivity index (χ1n) is 6.14. The van der Waals surface area contributed by atoms with Gasteiger partial charge in [0.1, 0.15) is 11.4 Å². The highest BCUT2D eigenvalue weighted by Crippen LogP contribution is 2.34. The first-order chi connectivity index (χ1) is 9.73. The SMILES string of the molecule is CCOC(=O)CN(CC)S(=O)(=O)c1c(Br)cc(N)cc1Br. The van der Waals surface area contributed by atoms with Gasteiger partial charge in [0, 0.05) is 21.2 Å². The van der Waals surface area contributed by atoms with E-state index in [2.05, 4.69) is 31.9 Å². The maximum atomic E-state index is 12.7. The Kier molecular flexibility index (Phi) is 6.64. The molecule has 0 aromatic heterocycles. The Morgan fingerprint density at radius 2 is 1.81 bits per heavy atom. The zero-order chi connectivity index (χ0) is 16.2. The molecule has 0 unspecified atom stereocenters. The second-order valence-electron chi connectivity index (χ2n) is 4.05. The first-order valence-corrected chi connectivity index (χ1v) is 9.16. The van der Waals surface area contributed by atoms with Crippen LogP contribution in [0.5, 0.6) is 0 Å². The van der Waals surface area contributed by atoms with E-state index >= 15 is 0 Å². The Bertz CT molecular complexity index is 611. The predicted octanol–water partition coefficient (Wildman–Crippen LogP) is 2.37. The third-order valence-electron chi connectivity index (χ3n) is 2.58. The second-order valence-corrected chi connectivity index (χ2v) is 7.63. The minimum atomic E-state index is -3.86. The number of halogens is 2. The number of carbonyl (C=O) groups excluding carboxylic acids is 1. The van der Waals surface area contributed by atoms with Crippen molar-refractivity contribution in [3.05, 3.63) is 21.1 Å². The summed E-state index contributed by atoms with van der Waals surface area (Å²) in [5.74, 6) is -0.592. The van der Waals surface area contributed by atoms with Crippen LogP contribution in [0.1, 0.15) is 13.8 Å². The summed E-state index contributed by atoms with van der Waals surface area (Å²) in [6.45, 7) is 3.32. The van der Waals surface area contributed by atoms with Crippen molar-refractivity contribution in [3.63, 3.8) is 0 Å². The molecule has 1 rings (SSSR count). The van der Waals surface area contributed by atoms with Crippen LogP contribution >= 0.6 is 31.9 Å². The molecule has 0 fully saturated rings. The van der Waals surface area contributed by atoms with E-state index < -0.39 is 16.0 Å². The molecule has 6 nitrogen and oxygen atoms in total. The monoisotopic (exact) mass is 442 g/mol. The fraction of sp³-hybridized carbons (Fsp3) is 0.417. The minimum Gasteiger partial charge on any atom is -0.465 e. The first kappa shape index (κ1) is 18.4. The van der Waals surface area contributed by atoms with Crippen LogP contribution in [0.4, 0.5) is 5.69 Å². The van der Waals surface area contributed by atoms with Crippen LogP contribution in [-0.2, 0) is 19.6 Å². The van der Waals surface area contributed by atoms with E-state index in [-0.39, 0.29) is 24.6 Å². The third kappa shape index (κ3) is 4.41. The average molecular weight is 444 g/mol. The molecule has 0 amide bonds. The van der Waals surface area contributed by atoms with Crippen molar-refractivity contribution in [1.82, 2.24) is 4.31 Å². The third-order valence-corrected chi connectivity index (χ3v) is 6.38. The summed E-state index contributed by atoms with van der Waals surface area (Å²) >= 11 is 6.39. The van der Waals surface area contributed by atoms with E-state index in [1.807, 2.05) is 0 Å². The highest BCUT2D eigenvalue weighted by molar-refractivity contribution is 9.11. The van der Waals surface area contributed by atoms with Crippen molar-refractivity contribution in [2.75, 3.05) is 25.4 Å². The minimum absolute atomic E-state index is 0.0304. The van der Waals surface area contributed by atoms with E-state index in [1.54, 1.807) is 13.8 Å². The maximum absolute atomic E-state index is 12.7. The molecular formula is C12H16Br2N2O4S. The Balaban J connectivity index is 3.23. The molecule has 9 heteroatoms. The van der Waals surface area contributed by atoms with Crippen LogP contribution in [0.2, 0.25) is 0 Å². The molecule has 0 atom stereocenters. The van der Waals surface area contributed by atoms with Gasteiger partial charge in [-0.25, -0.2) is 8.42 Å². The maximum Gasteiger partial charge on any atom is 0.321 e. The van der Waals surface area contributed by atoms with Crippen LogP contribution in [0, 0.1) is 0 Å². The zero-order valence-corrected chi connectivity index (χ0v) is 15.6. The number of nitrogen functional groups attached to an aromatic ring is 1. The molecule has 1 aromatic carbocycles. The Morgan fingerprint density at radius 3 is 2.24 bits per heavy atom. The van der Waals surface area contributed by atoms with Gasteiger partial charge in [0.2, 0.25) is 10.0 Å². The lowest BCUT2D eigenvalue weighted by Crippen LogP contribution is -2.36. The highest BCUT2D eigenvalue weighted by Gasteiger charge is 2.30. The number of hydrogen-bond acceptors (Lipinski definition) is 5. The quantitative estimate of drug-likeness (QED) is 0.538. The number of hydrogen-bond donors (Lipinski definition) is 1.